The van der Waals surface area contributed by atoms with Gasteiger partial charge in [-0.15, -0.1) is 0 Å². The second kappa shape index (κ2) is 6.49. The predicted octanol–water partition coefficient (Wildman–Crippen LogP) is 2.05. The van der Waals surface area contributed by atoms with Crippen molar-refractivity contribution < 1.29 is 9.53 Å². The molecule has 4 heteroatoms. The number of methoxy groups -OCH3 is 1. The van der Waals surface area contributed by atoms with Gasteiger partial charge in [-0.2, -0.15) is 0 Å². The molecule has 2 N–H and O–H groups in total. The summed E-state index contributed by atoms with van der Waals surface area (Å²) in [6.07, 6.45) is -0.745. The van der Waals surface area contributed by atoms with Crippen LogP contribution in [0.15, 0.2) is 30.3 Å². The van der Waals surface area contributed by atoms with E-state index in [1.54, 1.807) is 0 Å². The molecule has 3 nitrogen and oxygen atoms in total. The van der Waals surface area contributed by atoms with E-state index < -0.39 is 6.09 Å². The lowest BCUT2D eigenvalue weighted by atomic mass is 10.4. The highest BCUT2D eigenvalue weighted by Gasteiger charge is 1.76. The number of benzene rings is 1. The van der Waals surface area contributed by atoms with Crippen molar-refractivity contribution in [1.82, 2.24) is 0 Å². The van der Waals surface area contributed by atoms with Crippen LogP contribution in [0, 0.1) is 0 Å². The van der Waals surface area contributed by atoms with Crippen LogP contribution in [-0.2, 0) is 4.74 Å². The zero-order chi connectivity index (χ0) is 9.40. The fourth-order valence-corrected chi connectivity index (χ4v) is 0.560. The van der Waals surface area contributed by atoms with Crippen LogP contribution in [0.3, 0.4) is 0 Å². The highest BCUT2D eigenvalue weighted by atomic mass is 35.5. The van der Waals surface area contributed by atoms with Gasteiger partial charge >= 0.3 is 6.09 Å². The Balaban J connectivity index is 0.000000217. The molecule has 0 heterocycles. The lowest BCUT2D eigenvalue weighted by molar-refractivity contribution is 0.182. The van der Waals surface area contributed by atoms with Gasteiger partial charge in [-0.05, 0) is 12.1 Å². The molecule has 0 aliphatic carbocycles. The van der Waals surface area contributed by atoms with Crippen molar-refractivity contribution in [2.24, 2.45) is 5.73 Å². The van der Waals surface area contributed by atoms with Crippen LogP contribution in [0.2, 0.25) is 5.02 Å². The van der Waals surface area contributed by atoms with Gasteiger partial charge in [0, 0.05) is 5.02 Å². The van der Waals surface area contributed by atoms with Gasteiger partial charge in [0.1, 0.15) is 0 Å². The Labute approximate surface area is 76.1 Å². The van der Waals surface area contributed by atoms with Gasteiger partial charge in [-0.1, -0.05) is 29.8 Å². The average molecular weight is 188 g/mol. The Morgan fingerprint density at radius 3 is 2.00 bits per heavy atom. The van der Waals surface area contributed by atoms with Crippen LogP contribution in [0.4, 0.5) is 4.79 Å². The van der Waals surface area contributed by atoms with Gasteiger partial charge < -0.3 is 10.5 Å². The monoisotopic (exact) mass is 187 g/mol. The summed E-state index contributed by atoms with van der Waals surface area (Å²) in [6, 6.07) is 9.44. The van der Waals surface area contributed by atoms with Crippen LogP contribution in [-0.4, -0.2) is 13.2 Å². The lowest BCUT2D eigenvalue weighted by Gasteiger charge is -1.81. The third kappa shape index (κ3) is 6.89. The molecule has 1 amide bonds. The molecule has 0 atom stereocenters. The molecule has 0 aliphatic heterocycles. The highest BCUT2D eigenvalue weighted by Crippen LogP contribution is 2.03. The molecule has 1 aromatic carbocycles. The molecular weight excluding hydrogens is 178 g/mol. The molecule has 0 aromatic heterocycles. The summed E-state index contributed by atoms with van der Waals surface area (Å²) in [5.41, 5.74) is 4.43. The minimum Gasteiger partial charge on any atom is -0.453 e. The van der Waals surface area contributed by atoms with Crippen LogP contribution in [0.25, 0.3) is 0 Å². The number of nitrogens with two attached hydrogens (primary N) is 1. The number of halogens is 1. The van der Waals surface area contributed by atoms with Crippen molar-refractivity contribution in [2.75, 3.05) is 7.11 Å². The quantitative estimate of drug-likeness (QED) is 0.676. The van der Waals surface area contributed by atoms with Crippen LogP contribution < -0.4 is 5.73 Å². The van der Waals surface area contributed by atoms with E-state index in [4.69, 9.17) is 11.6 Å². The first kappa shape index (κ1) is 10.8. The lowest BCUT2D eigenvalue weighted by Crippen LogP contribution is -2.08. The fourth-order valence-electron chi connectivity index (χ4n) is 0.415. The Morgan fingerprint density at radius 1 is 1.42 bits per heavy atom. The number of hydrogen-bond donors (Lipinski definition) is 1. The molecule has 0 bridgehead atoms. The minimum atomic E-state index is -0.745. The van der Waals surface area contributed by atoms with Crippen molar-refractivity contribution in [3.05, 3.63) is 35.4 Å². The average Bonchev–Trinajstić information content (AvgIpc) is 2.07. The second-order valence-corrected chi connectivity index (χ2v) is 2.26. The van der Waals surface area contributed by atoms with E-state index in [9.17, 15) is 4.79 Å². The number of amides is 1. The summed E-state index contributed by atoms with van der Waals surface area (Å²) in [5.74, 6) is 0. The Morgan fingerprint density at radius 2 is 1.83 bits per heavy atom. The van der Waals surface area contributed by atoms with Crippen molar-refractivity contribution in [1.29, 1.82) is 0 Å². The summed E-state index contributed by atoms with van der Waals surface area (Å²) in [7, 11) is 1.22. The molecular formula is C8H10ClNO2. The minimum absolute atomic E-state index is 0.745. The zero-order valence-electron chi connectivity index (χ0n) is 6.66. The molecule has 0 spiro atoms. The third-order valence-electron chi connectivity index (χ3n) is 0.934. The van der Waals surface area contributed by atoms with E-state index >= 15 is 0 Å². The SMILES string of the molecule is COC(N)=O.Clc1ccccc1. The van der Waals surface area contributed by atoms with Gasteiger partial charge in [0.15, 0.2) is 0 Å². The van der Waals surface area contributed by atoms with Crippen molar-refractivity contribution in [3.8, 4) is 0 Å². The molecule has 12 heavy (non-hydrogen) atoms. The number of primary amides is 1. The van der Waals surface area contributed by atoms with Crippen molar-refractivity contribution in [3.63, 3.8) is 0 Å². The van der Waals surface area contributed by atoms with Crippen LogP contribution in [0.5, 0.6) is 0 Å². The van der Waals surface area contributed by atoms with E-state index in [1.165, 1.54) is 7.11 Å². The summed E-state index contributed by atoms with van der Waals surface area (Å²) in [5, 5.41) is 0.794. The van der Waals surface area contributed by atoms with E-state index in [0.717, 1.165) is 5.02 Å². The normalized spacial score (nSPS) is 7.83. The number of hydrogen-bond acceptors (Lipinski definition) is 2. The molecule has 66 valence electrons. The highest BCUT2D eigenvalue weighted by molar-refractivity contribution is 6.30. The van der Waals surface area contributed by atoms with Gasteiger partial charge in [0.05, 0.1) is 7.11 Å². The van der Waals surface area contributed by atoms with Gasteiger partial charge in [-0.25, -0.2) is 4.79 Å². The van der Waals surface area contributed by atoms with Gasteiger partial charge in [0.25, 0.3) is 0 Å². The second-order valence-electron chi connectivity index (χ2n) is 1.82. The molecule has 0 radical (unpaired) electrons. The predicted molar refractivity (Wildman–Crippen MR) is 48.0 cm³/mol. The first-order valence-electron chi connectivity index (χ1n) is 3.20. The number of rotatable bonds is 0. The first-order chi connectivity index (χ1) is 5.66. The molecule has 0 saturated carbocycles. The first-order valence-corrected chi connectivity index (χ1v) is 3.58. The summed E-state index contributed by atoms with van der Waals surface area (Å²) in [4.78, 5) is 9.37. The maximum atomic E-state index is 9.37. The van der Waals surface area contributed by atoms with E-state index in [1.807, 2.05) is 30.3 Å². The summed E-state index contributed by atoms with van der Waals surface area (Å²) < 4.78 is 3.89. The van der Waals surface area contributed by atoms with Crippen LogP contribution in [0.1, 0.15) is 0 Å². The third-order valence-corrected chi connectivity index (χ3v) is 1.19. The van der Waals surface area contributed by atoms with E-state index in [-0.39, 0.29) is 0 Å². The number of carbonyl (C=O) groups excluding carboxylic acids is 1. The van der Waals surface area contributed by atoms with Crippen molar-refractivity contribution in [2.45, 2.75) is 0 Å². The fraction of sp³-hybridized carbons (Fsp3) is 0.125. The van der Waals surface area contributed by atoms with E-state index in [0.29, 0.717) is 0 Å². The molecule has 0 fully saturated rings. The zero-order valence-corrected chi connectivity index (χ0v) is 7.41. The maximum absolute atomic E-state index is 9.37. The van der Waals surface area contributed by atoms with Gasteiger partial charge in [-0.3, -0.25) is 0 Å². The van der Waals surface area contributed by atoms with Gasteiger partial charge in [0.2, 0.25) is 0 Å². The smallest absolute Gasteiger partial charge is 0.404 e. The number of ether oxygens (including phenoxy) is 1. The molecule has 0 unspecified atom stereocenters. The topological polar surface area (TPSA) is 52.3 Å². The number of carbonyl (C=O) groups is 1. The Kier molecular flexibility index (Phi) is 5.83. The maximum Gasteiger partial charge on any atom is 0.404 e. The van der Waals surface area contributed by atoms with Crippen molar-refractivity contribution >= 4 is 17.7 Å². The Bertz CT molecular complexity index is 226. The molecule has 1 rings (SSSR count). The molecule has 0 aliphatic rings. The standard InChI is InChI=1S/C6H5Cl.C2H5NO2/c7-6-4-2-1-3-5-6;1-5-2(3)4/h1-5H;1H3,(H2,3,4). The van der Waals surface area contributed by atoms with E-state index in [2.05, 4.69) is 10.5 Å². The molecule has 0 saturated heterocycles. The van der Waals surface area contributed by atoms with Crippen LogP contribution >= 0.6 is 11.6 Å². The molecule has 1 aromatic rings. The summed E-state index contributed by atoms with van der Waals surface area (Å²) in [6.45, 7) is 0. The largest absolute Gasteiger partial charge is 0.453 e. The summed E-state index contributed by atoms with van der Waals surface area (Å²) >= 11 is 5.54. The Hall–Kier alpha value is -1.22.